The fourth-order valence-corrected chi connectivity index (χ4v) is 2.62. The molecule has 1 fully saturated rings. The van der Waals surface area contributed by atoms with E-state index in [1.807, 2.05) is 0 Å². The second-order valence-corrected chi connectivity index (χ2v) is 6.04. The van der Waals surface area contributed by atoms with Crippen molar-refractivity contribution in [1.82, 2.24) is 4.72 Å². The highest BCUT2D eigenvalue weighted by Crippen LogP contribution is 2.29. The fourth-order valence-electron chi connectivity index (χ4n) is 1.48. The predicted molar refractivity (Wildman–Crippen MR) is 65.4 cm³/mol. The maximum Gasteiger partial charge on any atom is 0.293 e. The van der Waals surface area contributed by atoms with Gasteiger partial charge in [0, 0.05) is 12.6 Å². The maximum absolute atomic E-state index is 11.9. The minimum Gasteiger partial charge on any atom is -0.393 e. The highest BCUT2D eigenvalue weighted by Gasteiger charge is 2.25. The van der Waals surface area contributed by atoms with Crippen molar-refractivity contribution in [3.63, 3.8) is 0 Å². The number of nitro benzene ring substituents is 1. The second-order valence-electron chi connectivity index (χ2n) is 4.27. The summed E-state index contributed by atoms with van der Waals surface area (Å²) in [5, 5.41) is 10.7. The number of nitrogens with zero attached hydrogens (tertiary/aromatic N) is 1. The van der Waals surface area contributed by atoms with Gasteiger partial charge in [0.15, 0.2) is 0 Å². The van der Waals surface area contributed by atoms with E-state index in [1.54, 1.807) is 0 Å². The summed E-state index contributed by atoms with van der Waals surface area (Å²) in [4.78, 5) is 9.85. The number of nitro groups is 1. The lowest BCUT2D eigenvalue weighted by Gasteiger charge is -2.06. The zero-order valence-electron chi connectivity index (χ0n) is 9.50. The van der Waals surface area contributed by atoms with Crippen molar-refractivity contribution < 1.29 is 13.3 Å². The van der Waals surface area contributed by atoms with Gasteiger partial charge in [-0.2, -0.15) is 0 Å². The monoisotopic (exact) mass is 271 g/mol. The molecule has 1 aromatic rings. The van der Waals surface area contributed by atoms with Gasteiger partial charge in [0.25, 0.3) is 5.69 Å². The third-order valence-electron chi connectivity index (χ3n) is 2.77. The first-order valence-electron chi connectivity index (χ1n) is 5.44. The van der Waals surface area contributed by atoms with E-state index in [4.69, 9.17) is 5.73 Å². The summed E-state index contributed by atoms with van der Waals surface area (Å²) >= 11 is 0. The van der Waals surface area contributed by atoms with Crippen LogP contribution in [-0.2, 0) is 10.0 Å². The van der Waals surface area contributed by atoms with Crippen molar-refractivity contribution in [1.29, 1.82) is 0 Å². The van der Waals surface area contributed by atoms with Crippen LogP contribution >= 0.6 is 0 Å². The van der Waals surface area contributed by atoms with Crippen LogP contribution in [0.1, 0.15) is 12.8 Å². The average molecular weight is 271 g/mol. The summed E-state index contributed by atoms with van der Waals surface area (Å²) in [7, 11) is -3.70. The van der Waals surface area contributed by atoms with Crippen molar-refractivity contribution >= 4 is 21.4 Å². The molecular weight excluding hydrogens is 258 g/mol. The highest BCUT2D eigenvalue weighted by atomic mass is 32.2. The van der Waals surface area contributed by atoms with Crippen LogP contribution < -0.4 is 10.5 Å². The Hall–Kier alpha value is -1.67. The number of anilines is 1. The van der Waals surface area contributed by atoms with E-state index in [1.165, 1.54) is 12.1 Å². The van der Waals surface area contributed by atoms with Gasteiger partial charge in [-0.05, 0) is 30.9 Å². The van der Waals surface area contributed by atoms with Crippen molar-refractivity contribution in [2.24, 2.45) is 5.92 Å². The van der Waals surface area contributed by atoms with Gasteiger partial charge in [-0.1, -0.05) is 0 Å². The number of rotatable bonds is 5. The largest absolute Gasteiger partial charge is 0.393 e. The van der Waals surface area contributed by atoms with Gasteiger partial charge < -0.3 is 5.73 Å². The second kappa shape index (κ2) is 4.54. The number of hydrogen-bond donors (Lipinski definition) is 2. The van der Waals surface area contributed by atoms with Crippen LogP contribution in [0.4, 0.5) is 11.4 Å². The first-order valence-corrected chi connectivity index (χ1v) is 6.92. The normalized spacial score (nSPS) is 15.6. The number of hydrogen-bond acceptors (Lipinski definition) is 5. The number of benzene rings is 1. The lowest BCUT2D eigenvalue weighted by atomic mass is 10.3. The Balaban J connectivity index is 2.25. The SMILES string of the molecule is Nc1ccc(S(=O)(=O)NCC2CC2)cc1[N+](=O)[O-]. The van der Waals surface area contributed by atoms with Gasteiger partial charge in [-0.3, -0.25) is 10.1 Å². The average Bonchev–Trinajstić information content (AvgIpc) is 3.10. The van der Waals surface area contributed by atoms with Gasteiger partial charge >= 0.3 is 0 Å². The van der Waals surface area contributed by atoms with E-state index in [9.17, 15) is 18.5 Å². The van der Waals surface area contributed by atoms with E-state index in [-0.39, 0.29) is 10.6 Å². The van der Waals surface area contributed by atoms with Crippen molar-refractivity contribution in [3.8, 4) is 0 Å². The van der Waals surface area contributed by atoms with Crippen LogP contribution in [0, 0.1) is 16.0 Å². The topological polar surface area (TPSA) is 115 Å². The van der Waals surface area contributed by atoms with Crippen LogP contribution in [0.2, 0.25) is 0 Å². The standard InChI is InChI=1S/C10H13N3O4S/c11-9-4-3-8(5-10(9)13(14)15)18(16,17)12-6-7-1-2-7/h3-5,7,12H,1-2,6,11H2. The smallest absolute Gasteiger partial charge is 0.293 e. The molecule has 1 saturated carbocycles. The molecule has 1 aliphatic carbocycles. The molecule has 0 aromatic heterocycles. The molecule has 0 spiro atoms. The van der Waals surface area contributed by atoms with E-state index in [2.05, 4.69) is 4.72 Å². The first kappa shape index (κ1) is 12.8. The summed E-state index contributed by atoms with van der Waals surface area (Å²) in [6.45, 7) is 0.376. The van der Waals surface area contributed by atoms with Crippen LogP contribution in [0.3, 0.4) is 0 Å². The lowest BCUT2D eigenvalue weighted by molar-refractivity contribution is -0.384. The molecular formula is C10H13N3O4S. The summed E-state index contributed by atoms with van der Waals surface area (Å²) < 4.78 is 26.2. The van der Waals surface area contributed by atoms with Gasteiger partial charge in [0.1, 0.15) is 5.69 Å². The van der Waals surface area contributed by atoms with Crippen molar-refractivity contribution in [3.05, 3.63) is 28.3 Å². The zero-order valence-corrected chi connectivity index (χ0v) is 10.3. The zero-order chi connectivity index (χ0) is 13.3. The molecule has 0 heterocycles. The Morgan fingerprint density at radius 2 is 2.11 bits per heavy atom. The Kier molecular flexibility index (Phi) is 3.22. The minimum atomic E-state index is -3.70. The number of nitrogens with one attached hydrogen (secondary N) is 1. The van der Waals surface area contributed by atoms with Gasteiger partial charge in [0.2, 0.25) is 10.0 Å². The molecule has 18 heavy (non-hydrogen) atoms. The van der Waals surface area contributed by atoms with Crippen LogP contribution in [0.5, 0.6) is 0 Å². The molecule has 8 heteroatoms. The summed E-state index contributed by atoms with van der Waals surface area (Å²) in [6, 6.07) is 3.46. The third-order valence-corrected chi connectivity index (χ3v) is 4.19. The molecule has 1 aliphatic rings. The highest BCUT2D eigenvalue weighted by molar-refractivity contribution is 7.89. The summed E-state index contributed by atoms with van der Waals surface area (Å²) in [6.07, 6.45) is 2.04. The molecule has 1 aromatic carbocycles. The van der Waals surface area contributed by atoms with Gasteiger partial charge in [-0.25, -0.2) is 13.1 Å². The Morgan fingerprint density at radius 3 is 2.67 bits per heavy atom. The maximum atomic E-state index is 11.9. The number of sulfonamides is 1. The fraction of sp³-hybridized carbons (Fsp3) is 0.400. The first-order chi connectivity index (χ1) is 8.40. The van der Waals surface area contributed by atoms with E-state index < -0.39 is 20.6 Å². The minimum absolute atomic E-state index is 0.0545. The lowest BCUT2D eigenvalue weighted by Crippen LogP contribution is -2.25. The van der Waals surface area contributed by atoms with Gasteiger partial charge in [0.05, 0.1) is 9.82 Å². The van der Waals surface area contributed by atoms with Crippen molar-refractivity contribution in [2.45, 2.75) is 17.7 Å². The van der Waals surface area contributed by atoms with Crippen LogP contribution in [0.15, 0.2) is 23.1 Å². The van der Waals surface area contributed by atoms with Crippen LogP contribution in [-0.4, -0.2) is 19.9 Å². The Labute approximate surface area is 104 Å². The van der Waals surface area contributed by atoms with Gasteiger partial charge in [-0.15, -0.1) is 0 Å². The summed E-state index contributed by atoms with van der Waals surface area (Å²) in [5.74, 6) is 0.392. The number of nitrogen functional groups attached to an aromatic ring is 1. The number of nitrogens with two attached hydrogens (primary N) is 1. The third kappa shape index (κ3) is 2.77. The molecule has 0 unspecified atom stereocenters. The predicted octanol–water partition coefficient (Wildman–Crippen LogP) is 0.865. The van der Waals surface area contributed by atoms with E-state index in [0.717, 1.165) is 18.9 Å². The van der Waals surface area contributed by atoms with Crippen LogP contribution in [0.25, 0.3) is 0 Å². The quantitative estimate of drug-likeness (QED) is 0.468. The molecule has 0 bridgehead atoms. The molecule has 0 aliphatic heterocycles. The molecule has 0 amide bonds. The van der Waals surface area contributed by atoms with E-state index >= 15 is 0 Å². The molecule has 0 saturated heterocycles. The van der Waals surface area contributed by atoms with E-state index in [0.29, 0.717) is 12.5 Å². The van der Waals surface area contributed by atoms with Crippen molar-refractivity contribution in [2.75, 3.05) is 12.3 Å². The summed E-state index contributed by atoms with van der Waals surface area (Å²) in [5.41, 5.74) is 4.96. The molecule has 98 valence electrons. The Morgan fingerprint density at radius 1 is 1.44 bits per heavy atom. The molecule has 0 radical (unpaired) electrons. The Bertz CT molecular complexity index is 581. The molecule has 3 N–H and O–H groups in total. The molecule has 7 nitrogen and oxygen atoms in total. The molecule has 2 rings (SSSR count). The molecule has 0 atom stereocenters.